The molecule has 0 aliphatic heterocycles. The molecule has 7 nitrogen and oxygen atoms in total. The lowest BCUT2D eigenvalue weighted by molar-refractivity contribution is -0.137. The molecule has 2 aromatic heterocycles. The number of hydrogen-bond acceptors (Lipinski definition) is 6. The van der Waals surface area contributed by atoms with E-state index in [-0.39, 0.29) is 29.6 Å². The number of aliphatic hydroxyl groups is 1. The van der Waals surface area contributed by atoms with E-state index in [1.165, 1.54) is 24.3 Å². The molecule has 36 heavy (non-hydrogen) atoms. The number of rotatable bonds is 11. The Bertz CT molecular complexity index is 1340. The summed E-state index contributed by atoms with van der Waals surface area (Å²) < 4.78 is 69.6. The summed E-state index contributed by atoms with van der Waals surface area (Å²) in [5, 5.41) is 8.99. The van der Waals surface area contributed by atoms with E-state index in [9.17, 15) is 26.7 Å². The molecule has 0 unspecified atom stereocenters. The largest absolute Gasteiger partial charge is 0.418 e. The second-order valence-corrected chi connectivity index (χ2v) is 9.24. The summed E-state index contributed by atoms with van der Waals surface area (Å²) in [6.07, 6.45) is -1.05. The van der Waals surface area contributed by atoms with Crippen LogP contribution in [0.2, 0.25) is 0 Å². The van der Waals surface area contributed by atoms with Crippen LogP contribution in [0.15, 0.2) is 78.9 Å². The van der Waals surface area contributed by atoms with Crippen LogP contribution in [-0.2, 0) is 16.2 Å². The monoisotopic (exact) mass is 518 g/mol. The molecular weight excluding hydrogens is 493 g/mol. The Kier molecular flexibility index (Phi) is 8.49. The van der Waals surface area contributed by atoms with Crippen molar-refractivity contribution in [3.8, 4) is 11.3 Å². The Balaban J connectivity index is 2.01. The van der Waals surface area contributed by atoms with Crippen LogP contribution in [0, 0.1) is 0 Å². The van der Waals surface area contributed by atoms with E-state index in [1.807, 2.05) is 0 Å². The average Bonchev–Trinajstić information content (AvgIpc) is 2.85. The summed E-state index contributed by atoms with van der Waals surface area (Å²) in [4.78, 5) is 9.90. The summed E-state index contributed by atoms with van der Waals surface area (Å²) in [7, 11) is -4.30. The highest BCUT2D eigenvalue weighted by Crippen LogP contribution is 2.38. The summed E-state index contributed by atoms with van der Waals surface area (Å²) in [6, 6.07) is 12.3. The molecule has 0 saturated carbocycles. The SMILES string of the molecule is C=CCCN(CCO)c1cccc(S(=O)(=O)Nc2ccc(C(F)(F)F)c(-c3ccccc3C=C)n2)n1. The highest BCUT2D eigenvalue weighted by atomic mass is 32.2. The van der Waals surface area contributed by atoms with Crippen LogP contribution in [0.1, 0.15) is 17.5 Å². The van der Waals surface area contributed by atoms with Gasteiger partial charge < -0.3 is 10.0 Å². The number of halogens is 3. The van der Waals surface area contributed by atoms with Crippen LogP contribution in [-0.4, -0.2) is 43.2 Å². The van der Waals surface area contributed by atoms with Gasteiger partial charge in [0.2, 0.25) is 0 Å². The van der Waals surface area contributed by atoms with Gasteiger partial charge in [-0.05, 0) is 36.2 Å². The Hall–Kier alpha value is -3.70. The maximum Gasteiger partial charge on any atom is 0.418 e. The van der Waals surface area contributed by atoms with Gasteiger partial charge in [0.25, 0.3) is 10.0 Å². The first kappa shape index (κ1) is 26.9. The van der Waals surface area contributed by atoms with Crippen molar-refractivity contribution in [2.45, 2.75) is 17.6 Å². The van der Waals surface area contributed by atoms with Gasteiger partial charge in [-0.2, -0.15) is 21.6 Å². The molecule has 0 spiro atoms. The number of alkyl halides is 3. The smallest absolute Gasteiger partial charge is 0.395 e. The zero-order valence-electron chi connectivity index (χ0n) is 19.2. The predicted octanol–water partition coefficient (Wildman–Crippen LogP) is 4.98. The van der Waals surface area contributed by atoms with Gasteiger partial charge in [-0.3, -0.25) is 4.72 Å². The van der Waals surface area contributed by atoms with E-state index in [0.717, 1.165) is 12.1 Å². The van der Waals surface area contributed by atoms with Gasteiger partial charge in [-0.15, -0.1) is 6.58 Å². The van der Waals surface area contributed by atoms with Gasteiger partial charge in [-0.25, -0.2) is 9.97 Å². The molecule has 3 rings (SSSR count). The second kappa shape index (κ2) is 11.4. The molecule has 0 aliphatic carbocycles. The lowest BCUT2D eigenvalue weighted by Crippen LogP contribution is -2.29. The number of nitrogens with zero attached hydrogens (tertiary/aromatic N) is 3. The average molecular weight is 519 g/mol. The molecule has 2 heterocycles. The van der Waals surface area contributed by atoms with E-state index >= 15 is 0 Å². The Morgan fingerprint density at radius 3 is 2.42 bits per heavy atom. The van der Waals surface area contributed by atoms with Gasteiger partial charge in [-0.1, -0.05) is 49.1 Å². The van der Waals surface area contributed by atoms with E-state index in [1.54, 1.807) is 35.2 Å². The number of nitrogens with one attached hydrogen (secondary N) is 1. The van der Waals surface area contributed by atoms with Crippen LogP contribution in [0.4, 0.5) is 24.8 Å². The molecule has 11 heteroatoms. The summed E-state index contributed by atoms with van der Waals surface area (Å²) in [5.41, 5.74) is -0.878. The number of aliphatic hydroxyl groups excluding tert-OH is 1. The quantitative estimate of drug-likeness (QED) is 0.348. The zero-order chi connectivity index (χ0) is 26.3. The van der Waals surface area contributed by atoms with Gasteiger partial charge in [0.05, 0.1) is 17.9 Å². The number of hydrogen-bond donors (Lipinski definition) is 2. The first-order chi connectivity index (χ1) is 17.1. The molecule has 0 saturated heterocycles. The highest BCUT2D eigenvalue weighted by molar-refractivity contribution is 7.92. The van der Waals surface area contributed by atoms with Gasteiger partial charge >= 0.3 is 6.18 Å². The molecule has 0 bridgehead atoms. The number of pyridine rings is 2. The van der Waals surface area contributed by atoms with Crippen molar-refractivity contribution in [2.75, 3.05) is 29.3 Å². The molecule has 0 atom stereocenters. The van der Waals surface area contributed by atoms with Crippen LogP contribution in [0.5, 0.6) is 0 Å². The summed E-state index contributed by atoms with van der Waals surface area (Å²) >= 11 is 0. The molecule has 1 aromatic carbocycles. The van der Waals surface area contributed by atoms with Gasteiger partial charge in [0, 0.05) is 18.7 Å². The lowest BCUT2D eigenvalue weighted by atomic mass is 10.00. The van der Waals surface area contributed by atoms with Crippen LogP contribution in [0.3, 0.4) is 0 Å². The van der Waals surface area contributed by atoms with Gasteiger partial charge in [0.15, 0.2) is 5.03 Å². The number of aromatic nitrogens is 2. The second-order valence-electron chi connectivity index (χ2n) is 7.61. The van der Waals surface area contributed by atoms with Gasteiger partial charge in [0.1, 0.15) is 11.6 Å². The van der Waals surface area contributed by atoms with Crippen LogP contribution in [0.25, 0.3) is 17.3 Å². The van der Waals surface area contributed by atoms with Crippen molar-refractivity contribution in [3.05, 3.63) is 85.0 Å². The minimum Gasteiger partial charge on any atom is -0.395 e. The third-order valence-electron chi connectivity index (χ3n) is 5.16. The molecule has 2 N–H and O–H groups in total. The fourth-order valence-electron chi connectivity index (χ4n) is 3.47. The Labute approximate surface area is 207 Å². The molecule has 0 aliphatic rings. The fraction of sp³-hybridized carbons (Fsp3) is 0.200. The van der Waals surface area contributed by atoms with E-state index in [4.69, 9.17) is 0 Å². The number of sulfonamides is 1. The highest BCUT2D eigenvalue weighted by Gasteiger charge is 2.35. The predicted molar refractivity (Wildman–Crippen MR) is 134 cm³/mol. The van der Waals surface area contributed by atoms with E-state index < -0.39 is 27.5 Å². The minimum atomic E-state index is -4.72. The minimum absolute atomic E-state index is 0.155. The Morgan fingerprint density at radius 1 is 1.00 bits per heavy atom. The molecule has 0 fully saturated rings. The first-order valence-electron chi connectivity index (χ1n) is 10.9. The van der Waals surface area contributed by atoms with Crippen molar-refractivity contribution in [1.29, 1.82) is 0 Å². The Morgan fingerprint density at radius 2 is 1.75 bits per heavy atom. The third-order valence-corrected chi connectivity index (χ3v) is 6.41. The van der Waals surface area contributed by atoms with E-state index in [2.05, 4.69) is 27.8 Å². The molecule has 3 aromatic rings. The maximum atomic E-state index is 13.7. The number of benzene rings is 1. The zero-order valence-corrected chi connectivity index (χ0v) is 20.1. The molecule has 0 radical (unpaired) electrons. The standard InChI is InChI=1S/C25H25F3N4O3S/c1-3-5-15-32(16-17-33)22-11-8-12-23(30-22)36(34,35)31-21-14-13-20(25(26,27)28)24(29-21)19-10-7-6-9-18(19)4-2/h3-4,6-14,33H,1-2,5,15-17H2,(H,29,31). The number of anilines is 2. The van der Waals surface area contributed by atoms with Crippen molar-refractivity contribution < 1.29 is 26.7 Å². The van der Waals surface area contributed by atoms with Crippen molar-refractivity contribution >= 4 is 27.7 Å². The van der Waals surface area contributed by atoms with Crippen molar-refractivity contribution in [3.63, 3.8) is 0 Å². The molecular formula is C25H25F3N4O3S. The van der Waals surface area contributed by atoms with Crippen molar-refractivity contribution in [1.82, 2.24) is 9.97 Å². The molecule has 190 valence electrons. The molecule has 0 amide bonds. The maximum absolute atomic E-state index is 13.7. The van der Waals surface area contributed by atoms with Crippen LogP contribution >= 0.6 is 0 Å². The van der Waals surface area contributed by atoms with E-state index in [0.29, 0.717) is 24.3 Å². The topological polar surface area (TPSA) is 95.4 Å². The fourth-order valence-corrected chi connectivity index (χ4v) is 4.43. The normalized spacial score (nSPS) is 11.7. The third kappa shape index (κ3) is 6.29. The lowest BCUT2D eigenvalue weighted by Gasteiger charge is -2.22. The summed E-state index contributed by atoms with van der Waals surface area (Å²) in [5.74, 6) is 0.0118. The first-order valence-corrected chi connectivity index (χ1v) is 12.4. The summed E-state index contributed by atoms with van der Waals surface area (Å²) in [6.45, 7) is 7.80. The van der Waals surface area contributed by atoms with Crippen molar-refractivity contribution in [2.24, 2.45) is 0 Å². The van der Waals surface area contributed by atoms with Crippen LogP contribution < -0.4 is 9.62 Å².